The number of nitrogens with one attached hydrogen (secondary N) is 1. The Morgan fingerprint density at radius 2 is 2.00 bits per heavy atom. The van der Waals surface area contributed by atoms with Gasteiger partial charge in [-0.25, -0.2) is 0 Å². The molecule has 0 unspecified atom stereocenters. The average molecular weight is 305 g/mol. The van der Waals surface area contributed by atoms with Crippen molar-refractivity contribution in [2.45, 2.75) is 13.5 Å². The van der Waals surface area contributed by atoms with Crippen LogP contribution in [0.25, 0.3) is 0 Å². The standard InChI is InChI=1S/C15H13ClN2O3/c1-10-13(6-3-7-14(10)18(20)21)15(19)17-9-11-4-2-5-12(16)8-11/h2-8H,9H2,1H3,(H,17,19). The lowest BCUT2D eigenvalue weighted by molar-refractivity contribution is -0.385. The molecular formula is C15H13ClN2O3. The molecule has 0 bridgehead atoms. The van der Waals surface area contributed by atoms with Crippen molar-refractivity contribution >= 4 is 23.2 Å². The molecule has 0 heterocycles. The number of halogens is 1. The van der Waals surface area contributed by atoms with Crippen LogP contribution in [0.4, 0.5) is 5.69 Å². The average Bonchev–Trinajstić information content (AvgIpc) is 2.45. The van der Waals surface area contributed by atoms with Crippen LogP contribution in [-0.4, -0.2) is 10.8 Å². The lowest BCUT2D eigenvalue weighted by atomic mass is 10.1. The summed E-state index contributed by atoms with van der Waals surface area (Å²) in [5.74, 6) is -0.351. The van der Waals surface area contributed by atoms with Gasteiger partial charge in [0.15, 0.2) is 0 Å². The Kier molecular flexibility index (Phi) is 4.55. The molecule has 21 heavy (non-hydrogen) atoms. The predicted octanol–water partition coefficient (Wildman–Crippen LogP) is 3.49. The number of rotatable bonds is 4. The molecule has 0 aliphatic heterocycles. The molecule has 0 saturated heterocycles. The van der Waals surface area contributed by atoms with E-state index in [9.17, 15) is 14.9 Å². The van der Waals surface area contributed by atoms with Crippen molar-refractivity contribution in [2.24, 2.45) is 0 Å². The minimum Gasteiger partial charge on any atom is -0.348 e. The highest BCUT2D eigenvalue weighted by atomic mass is 35.5. The maximum atomic E-state index is 12.1. The van der Waals surface area contributed by atoms with E-state index in [-0.39, 0.29) is 11.6 Å². The van der Waals surface area contributed by atoms with E-state index in [2.05, 4.69) is 5.32 Å². The maximum absolute atomic E-state index is 12.1. The van der Waals surface area contributed by atoms with E-state index in [0.29, 0.717) is 22.7 Å². The second kappa shape index (κ2) is 6.37. The fourth-order valence-electron chi connectivity index (χ4n) is 1.99. The Morgan fingerprint density at radius 1 is 1.29 bits per heavy atom. The van der Waals surface area contributed by atoms with Gasteiger partial charge in [-0.2, -0.15) is 0 Å². The Bertz CT molecular complexity index is 701. The third-order valence-electron chi connectivity index (χ3n) is 3.09. The molecule has 2 aromatic carbocycles. The summed E-state index contributed by atoms with van der Waals surface area (Å²) >= 11 is 5.87. The molecule has 0 aromatic heterocycles. The van der Waals surface area contributed by atoms with Gasteiger partial charge in [0.05, 0.1) is 4.92 Å². The molecule has 2 rings (SSSR count). The van der Waals surface area contributed by atoms with Gasteiger partial charge in [-0.15, -0.1) is 0 Å². The van der Waals surface area contributed by atoms with Crippen LogP contribution in [0.1, 0.15) is 21.5 Å². The van der Waals surface area contributed by atoms with Gasteiger partial charge < -0.3 is 5.32 Å². The number of hydrogen-bond acceptors (Lipinski definition) is 3. The SMILES string of the molecule is Cc1c(C(=O)NCc2cccc(Cl)c2)cccc1[N+](=O)[O-]. The second-order valence-electron chi connectivity index (χ2n) is 4.52. The third kappa shape index (κ3) is 3.58. The lowest BCUT2D eigenvalue weighted by Gasteiger charge is -2.08. The topological polar surface area (TPSA) is 72.2 Å². The smallest absolute Gasteiger partial charge is 0.273 e. The van der Waals surface area contributed by atoms with Crippen molar-refractivity contribution in [3.05, 3.63) is 74.3 Å². The molecule has 1 amide bonds. The molecule has 0 saturated carbocycles. The van der Waals surface area contributed by atoms with Crippen LogP contribution in [0, 0.1) is 17.0 Å². The first kappa shape index (κ1) is 15.0. The molecule has 5 nitrogen and oxygen atoms in total. The summed E-state index contributed by atoms with van der Waals surface area (Å²) in [6.07, 6.45) is 0. The molecule has 1 N–H and O–H groups in total. The molecule has 0 aliphatic carbocycles. The molecule has 2 aromatic rings. The molecule has 0 radical (unpaired) electrons. The summed E-state index contributed by atoms with van der Waals surface area (Å²) in [7, 11) is 0. The fraction of sp³-hybridized carbons (Fsp3) is 0.133. The number of nitro benzene ring substituents is 1. The van der Waals surface area contributed by atoms with E-state index in [4.69, 9.17) is 11.6 Å². The Balaban J connectivity index is 2.14. The summed E-state index contributed by atoms with van der Waals surface area (Å²) < 4.78 is 0. The number of carbonyl (C=O) groups excluding carboxylic acids is 1. The van der Waals surface area contributed by atoms with Gasteiger partial charge in [0.1, 0.15) is 0 Å². The van der Waals surface area contributed by atoms with Crippen LogP contribution in [0.2, 0.25) is 5.02 Å². The highest BCUT2D eigenvalue weighted by Gasteiger charge is 2.17. The summed E-state index contributed by atoms with van der Waals surface area (Å²) in [6, 6.07) is 11.6. The van der Waals surface area contributed by atoms with Gasteiger partial charge in [-0.3, -0.25) is 14.9 Å². The molecular weight excluding hydrogens is 292 g/mol. The first-order valence-electron chi connectivity index (χ1n) is 6.25. The minimum atomic E-state index is -0.497. The Labute approximate surface area is 126 Å². The normalized spacial score (nSPS) is 10.2. The first-order valence-corrected chi connectivity index (χ1v) is 6.63. The van der Waals surface area contributed by atoms with Crippen LogP contribution in [0.15, 0.2) is 42.5 Å². The quantitative estimate of drug-likeness (QED) is 0.694. The van der Waals surface area contributed by atoms with Crippen molar-refractivity contribution in [2.75, 3.05) is 0 Å². The van der Waals surface area contributed by atoms with Crippen LogP contribution >= 0.6 is 11.6 Å². The number of amides is 1. The molecule has 0 aliphatic rings. The maximum Gasteiger partial charge on any atom is 0.273 e. The highest BCUT2D eigenvalue weighted by Crippen LogP contribution is 2.21. The fourth-order valence-corrected chi connectivity index (χ4v) is 2.20. The second-order valence-corrected chi connectivity index (χ2v) is 4.96. The highest BCUT2D eigenvalue weighted by molar-refractivity contribution is 6.30. The van der Waals surface area contributed by atoms with Crippen LogP contribution in [0.3, 0.4) is 0 Å². The van der Waals surface area contributed by atoms with Crippen molar-refractivity contribution in [1.82, 2.24) is 5.32 Å². The summed E-state index contributed by atoms with van der Waals surface area (Å²) in [5, 5.41) is 14.2. The Hall–Kier alpha value is -2.40. The molecule has 0 fully saturated rings. The zero-order valence-electron chi connectivity index (χ0n) is 11.3. The van der Waals surface area contributed by atoms with Gasteiger partial charge in [-0.1, -0.05) is 29.8 Å². The molecule has 6 heteroatoms. The summed E-state index contributed by atoms with van der Waals surface area (Å²) in [4.78, 5) is 22.5. The van der Waals surface area contributed by atoms with E-state index in [1.54, 1.807) is 31.2 Å². The molecule has 108 valence electrons. The summed E-state index contributed by atoms with van der Waals surface area (Å²) in [6.45, 7) is 1.87. The lowest BCUT2D eigenvalue weighted by Crippen LogP contribution is -2.23. The molecule has 0 spiro atoms. The third-order valence-corrected chi connectivity index (χ3v) is 3.32. The predicted molar refractivity (Wildman–Crippen MR) is 80.5 cm³/mol. The van der Waals surface area contributed by atoms with Gasteiger partial charge in [-0.05, 0) is 30.7 Å². The van der Waals surface area contributed by atoms with Crippen LogP contribution in [-0.2, 0) is 6.54 Å². The van der Waals surface area contributed by atoms with Crippen LogP contribution in [0.5, 0.6) is 0 Å². The summed E-state index contributed by atoms with van der Waals surface area (Å²) in [5.41, 5.74) is 1.45. The monoisotopic (exact) mass is 304 g/mol. The number of nitrogens with zero attached hydrogens (tertiary/aromatic N) is 1. The van der Waals surface area contributed by atoms with Gasteiger partial charge in [0.2, 0.25) is 0 Å². The number of carbonyl (C=O) groups is 1. The van der Waals surface area contributed by atoms with Gasteiger partial charge in [0.25, 0.3) is 11.6 Å². The van der Waals surface area contributed by atoms with Crippen molar-refractivity contribution < 1.29 is 9.72 Å². The van der Waals surface area contributed by atoms with Crippen molar-refractivity contribution in [3.63, 3.8) is 0 Å². The van der Waals surface area contributed by atoms with Gasteiger partial charge in [0, 0.05) is 28.8 Å². The van der Waals surface area contributed by atoms with Crippen molar-refractivity contribution in [1.29, 1.82) is 0 Å². The minimum absolute atomic E-state index is 0.0644. The zero-order valence-corrected chi connectivity index (χ0v) is 12.1. The van der Waals surface area contributed by atoms with E-state index in [1.165, 1.54) is 12.1 Å². The zero-order chi connectivity index (χ0) is 15.4. The van der Waals surface area contributed by atoms with E-state index < -0.39 is 4.92 Å². The number of hydrogen-bond donors (Lipinski definition) is 1. The van der Waals surface area contributed by atoms with E-state index in [1.807, 2.05) is 6.07 Å². The largest absolute Gasteiger partial charge is 0.348 e. The van der Waals surface area contributed by atoms with E-state index in [0.717, 1.165) is 5.56 Å². The number of nitro groups is 1. The molecule has 0 atom stereocenters. The van der Waals surface area contributed by atoms with Crippen LogP contribution < -0.4 is 5.32 Å². The van der Waals surface area contributed by atoms with Gasteiger partial charge >= 0.3 is 0 Å². The van der Waals surface area contributed by atoms with Crippen molar-refractivity contribution in [3.8, 4) is 0 Å². The first-order chi connectivity index (χ1) is 9.99. The van der Waals surface area contributed by atoms with E-state index >= 15 is 0 Å². The Morgan fingerprint density at radius 3 is 2.67 bits per heavy atom. The number of benzene rings is 2.